The SMILES string of the molecule is COc1ccccc1NC(=O)Cc1csc(NC(C)=O)n1. The third kappa shape index (κ3) is 4.28. The molecule has 1 heterocycles. The van der Waals surface area contributed by atoms with Crippen molar-refractivity contribution < 1.29 is 14.3 Å². The number of carbonyl (C=O) groups is 2. The molecule has 0 saturated heterocycles. The van der Waals surface area contributed by atoms with E-state index in [2.05, 4.69) is 15.6 Å². The Bertz CT molecular complexity index is 654. The number of thiazole rings is 1. The van der Waals surface area contributed by atoms with Gasteiger partial charge in [0.05, 0.1) is 24.9 Å². The standard InChI is InChI=1S/C14H15N3O3S/c1-9(18)15-14-16-10(8-21-14)7-13(19)17-11-5-3-4-6-12(11)20-2/h3-6,8H,7H2,1-2H3,(H,17,19)(H,15,16,18). The molecular weight excluding hydrogens is 290 g/mol. The summed E-state index contributed by atoms with van der Waals surface area (Å²) in [5, 5.41) is 7.59. The largest absolute Gasteiger partial charge is 0.495 e. The average molecular weight is 305 g/mol. The number of para-hydroxylation sites is 2. The first-order valence-electron chi connectivity index (χ1n) is 6.23. The van der Waals surface area contributed by atoms with Crippen LogP contribution in [0.4, 0.5) is 10.8 Å². The van der Waals surface area contributed by atoms with Crippen LogP contribution in [0.2, 0.25) is 0 Å². The second-order valence-electron chi connectivity index (χ2n) is 4.25. The summed E-state index contributed by atoms with van der Waals surface area (Å²) in [6.07, 6.45) is 0.133. The average Bonchev–Trinajstić information content (AvgIpc) is 2.85. The van der Waals surface area contributed by atoms with E-state index in [9.17, 15) is 9.59 Å². The number of nitrogens with one attached hydrogen (secondary N) is 2. The number of anilines is 2. The smallest absolute Gasteiger partial charge is 0.230 e. The number of hydrogen-bond acceptors (Lipinski definition) is 5. The van der Waals surface area contributed by atoms with Gasteiger partial charge in [0.15, 0.2) is 5.13 Å². The monoisotopic (exact) mass is 305 g/mol. The van der Waals surface area contributed by atoms with E-state index in [1.165, 1.54) is 18.3 Å². The van der Waals surface area contributed by atoms with Crippen molar-refractivity contribution in [2.75, 3.05) is 17.7 Å². The number of methoxy groups -OCH3 is 1. The fourth-order valence-corrected chi connectivity index (χ4v) is 2.46. The summed E-state index contributed by atoms with van der Waals surface area (Å²) in [6.45, 7) is 1.41. The van der Waals surface area contributed by atoms with Gasteiger partial charge >= 0.3 is 0 Å². The lowest BCUT2D eigenvalue weighted by molar-refractivity contribution is -0.116. The maximum atomic E-state index is 12.0. The molecule has 2 N–H and O–H groups in total. The molecule has 0 bridgehead atoms. The van der Waals surface area contributed by atoms with Crippen LogP contribution in [-0.2, 0) is 16.0 Å². The van der Waals surface area contributed by atoms with Crippen molar-refractivity contribution in [3.05, 3.63) is 35.3 Å². The van der Waals surface area contributed by atoms with Gasteiger partial charge in [-0.05, 0) is 12.1 Å². The molecule has 0 spiro atoms. The van der Waals surface area contributed by atoms with E-state index in [0.717, 1.165) is 0 Å². The van der Waals surface area contributed by atoms with Gasteiger partial charge < -0.3 is 15.4 Å². The summed E-state index contributed by atoms with van der Waals surface area (Å²) in [4.78, 5) is 27.1. The molecule has 21 heavy (non-hydrogen) atoms. The Labute approximate surface area is 126 Å². The summed E-state index contributed by atoms with van der Waals surface area (Å²) < 4.78 is 5.17. The maximum absolute atomic E-state index is 12.0. The molecule has 0 atom stereocenters. The molecule has 7 heteroatoms. The highest BCUT2D eigenvalue weighted by Gasteiger charge is 2.10. The first kappa shape index (κ1) is 15.0. The van der Waals surface area contributed by atoms with Gasteiger partial charge in [-0.15, -0.1) is 11.3 Å². The van der Waals surface area contributed by atoms with Crippen LogP contribution in [0.1, 0.15) is 12.6 Å². The van der Waals surface area contributed by atoms with Crippen LogP contribution in [0, 0.1) is 0 Å². The van der Waals surface area contributed by atoms with E-state index >= 15 is 0 Å². The maximum Gasteiger partial charge on any atom is 0.230 e. The Balaban J connectivity index is 1.98. The second kappa shape index (κ2) is 6.85. The second-order valence-corrected chi connectivity index (χ2v) is 5.11. The summed E-state index contributed by atoms with van der Waals surface area (Å²) >= 11 is 1.29. The molecule has 0 aliphatic carbocycles. The number of carbonyl (C=O) groups excluding carboxylic acids is 2. The molecule has 2 aromatic rings. The molecule has 1 aromatic carbocycles. The third-order valence-corrected chi connectivity index (χ3v) is 3.36. The summed E-state index contributed by atoms with van der Waals surface area (Å²) in [6, 6.07) is 7.18. The Morgan fingerprint density at radius 1 is 1.29 bits per heavy atom. The van der Waals surface area contributed by atoms with Gasteiger partial charge in [0.1, 0.15) is 5.75 Å². The molecule has 2 rings (SSSR count). The van der Waals surface area contributed by atoms with Crippen LogP contribution in [0.3, 0.4) is 0 Å². The van der Waals surface area contributed by atoms with Gasteiger partial charge in [-0.2, -0.15) is 0 Å². The first-order chi connectivity index (χ1) is 10.1. The van der Waals surface area contributed by atoms with Gasteiger partial charge in [-0.3, -0.25) is 9.59 Å². The Kier molecular flexibility index (Phi) is 4.89. The van der Waals surface area contributed by atoms with Crippen LogP contribution in [0.25, 0.3) is 0 Å². The van der Waals surface area contributed by atoms with Gasteiger partial charge in [0.25, 0.3) is 0 Å². The lowest BCUT2D eigenvalue weighted by Crippen LogP contribution is -2.15. The molecule has 2 amide bonds. The van der Waals surface area contributed by atoms with Crippen LogP contribution in [0.15, 0.2) is 29.6 Å². The van der Waals surface area contributed by atoms with Crippen LogP contribution in [-0.4, -0.2) is 23.9 Å². The highest BCUT2D eigenvalue weighted by molar-refractivity contribution is 7.13. The zero-order valence-electron chi connectivity index (χ0n) is 11.7. The van der Waals surface area contributed by atoms with Crippen molar-refractivity contribution in [2.45, 2.75) is 13.3 Å². The zero-order valence-corrected chi connectivity index (χ0v) is 12.5. The van der Waals surface area contributed by atoms with Crippen molar-refractivity contribution in [2.24, 2.45) is 0 Å². The van der Waals surface area contributed by atoms with Crippen LogP contribution >= 0.6 is 11.3 Å². The number of ether oxygens (including phenoxy) is 1. The van der Waals surface area contributed by atoms with E-state index in [-0.39, 0.29) is 18.2 Å². The minimum Gasteiger partial charge on any atom is -0.495 e. The molecule has 0 aliphatic rings. The molecule has 110 valence electrons. The first-order valence-corrected chi connectivity index (χ1v) is 7.11. The predicted octanol–water partition coefficient (Wildman–Crippen LogP) is 2.29. The Hall–Kier alpha value is -2.41. The third-order valence-electron chi connectivity index (χ3n) is 2.56. The van der Waals surface area contributed by atoms with Gasteiger partial charge in [-0.1, -0.05) is 12.1 Å². The molecule has 1 aromatic heterocycles. The Morgan fingerprint density at radius 2 is 2.05 bits per heavy atom. The highest BCUT2D eigenvalue weighted by Crippen LogP contribution is 2.23. The minimum absolute atomic E-state index is 0.133. The molecule has 0 fully saturated rings. The van der Waals surface area contributed by atoms with Crippen molar-refractivity contribution >= 4 is 34.0 Å². The number of aromatic nitrogens is 1. The lowest BCUT2D eigenvalue weighted by Gasteiger charge is -2.08. The highest BCUT2D eigenvalue weighted by atomic mass is 32.1. The normalized spacial score (nSPS) is 10.0. The van der Waals surface area contributed by atoms with Gasteiger partial charge in [0, 0.05) is 12.3 Å². The zero-order chi connectivity index (χ0) is 15.2. The van der Waals surface area contributed by atoms with Crippen molar-refractivity contribution in [1.29, 1.82) is 0 Å². The van der Waals surface area contributed by atoms with Gasteiger partial charge in [0.2, 0.25) is 11.8 Å². The van der Waals surface area contributed by atoms with Crippen molar-refractivity contribution in [3.8, 4) is 5.75 Å². The van der Waals surface area contributed by atoms with Crippen molar-refractivity contribution in [3.63, 3.8) is 0 Å². The predicted molar refractivity (Wildman–Crippen MR) is 81.7 cm³/mol. The fraction of sp³-hybridized carbons (Fsp3) is 0.214. The van der Waals surface area contributed by atoms with E-state index < -0.39 is 0 Å². The molecule has 0 aliphatic heterocycles. The number of nitrogens with zero attached hydrogens (tertiary/aromatic N) is 1. The molecule has 0 radical (unpaired) electrons. The quantitative estimate of drug-likeness (QED) is 0.888. The van der Waals surface area contributed by atoms with Crippen LogP contribution < -0.4 is 15.4 Å². The van der Waals surface area contributed by atoms with Crippen molar-refractivity contribution in [1.82, 2.24) is 4.98 Å². The fourth-order valence-electron chi connectivity index (χ4n) is 1.70. The summed E-state index contributed by atoms with van der Waals surface area (Å²) in [7, 11) is 1.55. The lowest BCUT2D eigenvalue weighted by atomic mass is 10.2. The molecule has 0 saturated carbocycles. The van der Waals surface area contributed by atoms with E-state index in [1.807, 2.05) is 12.1 Å². The van der Waals surface area contributed by atoms with Gasteiger partial charge in [-0.25, -0.2) is 4.98 Å². The van der Waals surface area contributed by atoms with E-state index in [0.29, 0.717) is 22.3 Å². The van der Waals surface area contributed by atoms with E-state index in [4.69, 9.17) is 4.74 Å². The number of rotatable bonds is 5. The molecular formula is C14H15N3O3S. The Morgan fingerprint density at radius 3 is 2.76 bits per heavy atom. The van der Waals surface area contributed by atoms with Crippen LogP contribution in [0.5, 0.6) is 5.75 Å². The summed E-state index contributed by atoms with van der Waals surface area (Å²) in [5.74, 6) is 0.219. The molecule has 0 unspecified atom stereocenters. The minimum atomic E-state index is -0.195. The molecule has 6 nitrogen and oxygen atoms in total. The topological polar surface area (TPSA) is 80.3 Å². The van der Waals surface area contributed by atoms with E-state index in [1.54, 1.807) is 24.6 Å². The number of amides is 2. The summed E-state index contributed by atoms with van der Waals surface area (Å²) in [5.41, 5.74) is 1.22. The number of benzene rings is 1. The number of hydrogen-bond donors (Lipinski definition) is 2.